The largest absolute Gasteiger partial charge is 0.250 e. The lowest BCUT2D eigenvalue weighted by Gasteiger charge is -2.32. The zero-order valence-electron chi connectivity index (χ0n) is 13.6. The van der Waals surface area contributed by atoms with E-state index >= 15 is 0 Å². The van der Waals surface area contributed by atoms with Gasteiger partial charge in [-0.2, -0.15) is 0 Å². The Balaban J connectivity index is 2.06. The molecule has 10 heteroatoms. The topological polar surface area (TPSA) is 87.6 Å². The monoisotopic (exact) mass is 381 g/mol. The molecular weight excluding hydrogens is 358 g/mol. The van der Waals surface area contributed by atoms with Gasteiger partial charge in [-0.15, -0.1) is 11.3 Å². The van der Waals surface area contributed by atoms with E-state index in [4.69, 9.17) is 0 Å². The van der Waals surface area contributed by atoms with Crippen molar-refractivity contribution < 1.29 is 16.8 Å². The molecular formula is C13H23N3O4S3. The molecule has 1 atom stereocenters. The summed E-state index contributed by atoms with van der Waals surface area (Å²) in [7, 11) is -3.94. The number of sulfonamides is 2. The summed E-state index contributed by atoms with van der Waals surface area (Å²) in [6.07, 6.45) is 1.48. The molecule has 1 aliphatic heterocycles. The molecule has 23 heavy (non-hydrogen) atoms. The Bertz CT molecular complexity index is 740. The summed E-state index contributed by atoms with van der Waals surface area (Å²) < 4.78 is 52.1. The number of hydrogen-bond acceptors (Lipinski definition) is 6. The van der Waals surface area contributed by atoms with Crippen LogP contribution < -0.4 is 0 Å². The van der Waals surface area contributed by atoms with Gasteiger partial charge in [0.25, 0.3) is 0 Å². The van der Waals surface area contributed by atoms with E-state index in [9.17, 15) is 16.8 Å². The van der Waals surface area contributed by atoms with Gasteiger partial charge in [0.2, 0.25) is 20.0 Å². The molecule has 0 bridgehead atoms. The van der Waals surface area contributed by atoms with Crippen LogP contribution in [0.3, 0.4) is 0 Å². The van der Waals surface area contributed by atoms with Crippen molar-refractivity contribution in [2.24, 2.45) is 0 Å². The van der Waals surface area contributed by atoms with Gasteiger partial charge in [0, 0.05) is 32.1 Å². The second-order valence-corrected chi connectivity index (χ2v) is 11.3. The highest BCUT2D eigenvalue weighted by atomic mass is 32.2. The summed E-state index contributed by atoms with van der Waals surface area (Å²) in [4.78, 5) is 5.08. The van der Waals surface area contributed by atoms with Crippen LogP contribution in [0.5, 0.6) is 0 Å². The van der Waals surface area contributed by atoms with Gasteiger partial charge in [-0.25, -0.2) is 30.4 Å². The lowest BCUT2D eigenvalue weighted by Crippen LogP contribution is -2.48. The van der Waals surface area contributed by atoms with Crippen LogP contribution in [0.25, 0.3) is 0 Å². The van der Waals surface area contributed by atoms with E-state index in [1.807, 2.05) is 6.92 Å². The Morgan fingerprint density at radius 1 is 1.35 bits per heavy atom. The molecule has 1 aliphatic rings. The van der Waals surface area contributed by atoms with Crippen LogP contribution in [-0.4, -0.2) is 68.6 Å². The second-order valence-electron chi connectivity index (χ2n) is 5.88. The average molecular weight is 382 g/mol. The lowest BCUT2D eigenvalue weighted by molar-refractivity contribution is 0.339. The highest BCUT2D eigenvalue weighted by molar-refractivity contribution is 7.90. The molecule has 0 N–H and O–H groups in total. The second kappa shape index (κ2) is 7.14. The third kappa shape index (κ3) is 4.30. The Morgan fingerprint density at radius 2 is 2.04 bits per heavy atom. The van der Waals surface area contributed by atoms with Crippen LogP contribution in [0.15, 0.2) is 5.51 Å². The van der Waals surface area contributed by atoms with Crippen molar-refractivity contribution >= 4 is 31.4 Å². The first-order valence-electron chi connectivity index (χ1n) is 7.42. The van der Waals surface area contributed by atoms with Gasteiger partial charge in [-0.3, -0.25) is 0 Å². The Hall–Kier alpha value is -0.550. The molecule has 0 radical (unpaired) electrons. The lowest BCUT2D eigenvalue weighted by atomic mass is 10.2. The van der Waals surface area contributed by atoms with E-state index < -0.39 is 25.3 Å². The van der Waals surface area contributed by atoms with Crippen molar-refractivity contribution in [2.45, 2.75) is 31.4 Å². The Morgan fingerprint density at radius 3 is 2.61 bits per heavy atom. The third-order valence-corrected chi connectivity index (χ3v) is 9.17. The molecule has 2 rings (SSSR count). The van der Waals surface area contributed by atoms with Crippen molar-refractivity contribution in [3.63, 3.8) is 0 Å². The molecule has 1 aromatic heterocycles. The van der Waals surface area contributed by atoms with Crippen molar-refractivity contribution in [1.82, 2.24) is 13.6 Å². The van der Waals surface area contributed by atoms with E-state index in [2.05, 4.69) is 4.98 Å². The third-order valence-electron chi connectivity index (χ3n) is 4.10. The SMILES string of the molecule is Cc1ncsc1CCS(=O)(=O)N1CCCC(S(=O)(=O)N(C)C)C1. The van der Waals surface area contributed by atoms with Crippen molar-refractivity contribution in [3.8, 4) is 0 Å². The van der Waals surface area contributed by atoms with E-state index in [0.717, 1.165) is 10.6 Å². The number of hydrogen-bond donors (Lipinski definition) is 0. The molecule has 0 saturated carbocycles. The minimum Gasteiger partial charge on any atom is -0.250 e. The summed E-state index contributed by atoms with van der Waals surface area (Å²) in [6, 6.07) is 0. The van der Waals surface area contributed by atoms with E-state index in [-0.39, 0.29) is 12.3 Å². The van der Waals surface area contributed by atoms with Crippen LogP contribution >= 0.6 is 11.3 Å². The summed E-state index contributed by atoms with van der Waals surface area (Å²) in [5.41, 5.74) is 2.56. The van der Waals surface area contributed by atoms with E-state index in [0.29, 0.717) is 25.8 Å². The van der Waals surface area contributed by atoms with Gasteiger partial charge >= 0.3 is 0 Å². The predicted octanol–water partition coefficient (Wildman–Crippen LogP) is 0.680. The summed E-state index contributed by atoms with van der Waals surface area (Å²) in [6.45, 7) is 2.30. The standard InChI is InChI=1S/C13H23N3O4S3/c1-11-13(21-10-14-11)6-8-22(17,18)16-7-4-5-12(9-16)23(19,20)15(2)3/h10,12H,4-9H2,1-3H3. The molecule has 132 valence electrons. The first kappa shape index (κ1) is 18.8. The predicted molar refractivity (Wildman–Crippen MR) is 91.5 cm³/mol. The van der Waals surface area contributed by atoms with Crippen molar-refractivity contribution in [2.75, 3.05) is 32.9 Å². The smallest absolute Gasteiger partial charge is 0.217 e. The van der Waals surface area contributed by atoms with Gasteiger partial charge in [0.1, 0.15) is 0 Å². The highest BCUT2D eigenvalue weighted by Gasteiger charge is 2.36. The molecule has 0 aromatic carbocycles. The molecule has 0 amide bonds. The maximum atomic E-state index is 12.5. The Kier molecular flexibility index (Phi) is 5.83. The van der Waals surface area contributed by atoms with Crippen LogP contribution in [0, 0.1) is 6.92 Å². The summed E-state index contributed by atoms with van der Waals surface area (Å²) >= 11 is 1.45. The van der Waals surface area contributed by atoms with E-state index in [1.54, 1.807) is 5.51 Å². The summed E-state index contributed by atoms with van der Waals surface area (Å²) in [5, 5.41) is -0.661. The minimum absolute atomic E-state index is 0.00916. The fourth-order valence-electron chi connectivity index (χ4n) is 2.62. The maximum absolute atomic E-state index is 12.5. The van der Waals surface area contributed by atoms with Crippen molar-refractivity contribution in [3.05, 3.63) is 16.1 Å². The molecule has 0 aliphatic carbocycles. The van der Waals surface area contributed by atoms with Crippen LogP contribution in [0.1, 0.15) is 23.4 Å². The van der Waals surface area contributed by atoms with Crippen LogP contribution in [0.2, 0.25) is 0 Å². The van der Waals surface area contributed by atoms with Crippen molar-refractivity contribution in [1.29, 1.82) is 0 Å². The normalized spacial score (nSPS) is 21.0. The molecule has 0 spiro atoms. The number of thiazole rings is 1. The number of aryl methyl sites for hydroxylation is 2. The molecule has 1 aromatic rings. The van der Waals surface area contributed by atoms with E-state index in [1.165, 1.54) is 34.0 Å². The van der Waals surface area contributed by atoms with Gasteiger partial charge in [0.05, 0.1) is 22.2 Å². The maximum Gasteiger partial charge on any atom is 0.217 e. The van der Waals surface area contributed by atoms with Gasteiger partial charge < -0.3 is 0 Å². The number of nitrogens with zero attached hydrogens (tertiary/aromatic N) is 3. The number of rotatable bonds is 6. The molecule has 2 heterocycles. The number of aromatic nitrogens is 1. The van der Waals surface area contributed by atoms with Crippen LogP contribution in [0.4, 0.5) is 0 Å². The molecule has 1 unspecified atom stereocenters. The fourth-order valence-corrected chi connectivity index (χ4v) is 6.58. The fraction of sp³-hybridized carbons (Fsp3) is 0.769. The Labute approximate surface area is 142 Å². The van der Waals surface area contributed by atoms with Gasteiger partial charge in [-0.05, 0) is 26.2 Å². The minimum atomic E-state index is -3.47. The quantitative estimate of drug-likeness (QED) is 0.723. The molecule has 1 fully saturated rings. The number of piperidine rings is 1. The average Bonchev–Trinajstić information content (AvgIpc) is 2.90. The molecule has 7 nitrogen and oxygen atoms in total. The highest BCUT2D eigenvalue weighted by Crippen LogP contribution is 2.22. The first-order valence-corrected chi connectivity index (χ1v) is 11.4. The zero-order chi connectivity index (χ0) is 17.3. The van der Waals surface area contributed by atoms with Gasteiger partial charge in [0.15, 0.2) is 0 Å². The van der Waals surface area contributed by atoms with Crippen LogP contribution in [-0.2, 0) is 26.5 Å². The van der Waals surface area contributed by atoms with Gasteiger partial charge in [-0.1, -0.05) is 0 Å². The first-order chi connectivity index (χ1) is 10.6. The summed E-state index contributed by atoms with van der Waals surface area (Å²) in [5.74, 6) is -0.00916. The zero-order valence-corrected chi connectivity index (χ0v) is 16.0. The molecule has 1 saturated heterocycles.